The fourth-order valence-electron chi connectivity index (χ4n) is 3.18. The molecular weight excluding hydrogens is 304 g/mol. The minimum Gasteiger partial charge on any atom is -0.273 e. The summed E-state index contributed by atoms with van der Waals surface area (Å²) in [6.07, 6.45) is 9.70. The fraction of sp³-hybridized carbons (Fsp3) is 0.316. The van der Waals surface area contributed by atoms with Gasteiger partial charge in [0.05, 0.1) is 0 Å². The number of imide groups is 2. The van der Waals surface area contributed by atoms with Gasteiger partial charge in [-0.25, -0.2) is 4.79 Å². The number of hydrogen-bond acceptors (Lipinski definition) is 3. The highest BCUT2D eigenvalue weighted by Crippen LogP contribution is 2.25. The number of rotatable bonds is 3. The summed E-state index contributed by atoms with van der Waals surface area (Å²) >= 11 is 0. The molecule has 1 aliphatic heterocycles. The van der Waals surface area contributed by atoms with Crippen molar-refractivity contribution in [1.29, 1.82) is 0 Å². The van der Waals surface area contributed by atoms with Crippen LogP contribution in [0.1, 0.15) is 37.7 Å². The third-order valence-electron chi connectivity index (χ3n) is 4.42. The van der Waals surface area contributed by atoms with Crippen molar-refractivity contribution >= 4 is 23.9 Å². The third kappa shape index (κ3) is 3.45. The topological polar surface area (TPSA) is 66.5 Å². The Morgan fingerprint density at radius 3 is 2.42 bits per heavy atom. The predicted molar refractivity (Wildman–Crippen MR) is 90.8 cm³/mol. The SMILES string of the molecule is O=C1NC(=O)N(C2CCCCC2)C(=O)C1=CC=Cc1ccccc1. The summed E-state index contributed by atoms with van der Waals surface area (Å²) < 4.78 is 0. The van der Waals surface area contributed by atoms with Gasteiger partial charge in [0, 0.05) is 6.04 Å². The number of carbonyl (C=O) groups excluding carboxylic acids is 3. The highest BCUT2D eigenvalue weighted by Gasteiger charge is 2.39. The molecule has 0 spiro atoms. The monoisotopic (exact) mass is 324 g/mol. The Labute approximate surface area is 141 Å². The molecule has 4 amide bonds. The van der Waals surface area contributed by atoms with Crippen LogP contribution in [-0.2, 0) is 9.59 Å². The van der Waals surface area contributed by atoms with Crippen molar-refractivity contribution in [2.24, 2.45) is 0 Å². The van der Waals surface area contributed by atoms with E-state index in [0.717, 1.165) is 37.7 Å². The minimum absolute atomic E-state index is 0.00681. The first-order chi connectivity index (χ1) is 11.7. The average molecular weight is 324 g/mol. The molecular formula is C19H20N2O3. The summed E-state index contributed by atoms with van der Waals surface area (Å²) in [5.41, 5.74) is 0.977. The second-order valence-corrected chi connectivity index (χ2v) is 6.08. The molecule has 1 aromatic carbocycles. The average Bonchev–Trinajstić information content (AvgIpc) is 2.59. The van der Waals surface area contributed by atoms with Gasteiger partial charge in [-0.05, 0) is 24.5 Å². The molecule has 3 rings (SSSR count). The zero-order valence-corrected chi connectivity index (χ0v) is 13.4. The highest BCUT2D eigenvalue weighted by molar-refractivity contribution is 6.29. The quantitative estimate of drug-likeness (QED) is 0.686. The molecule has 1 saturated heterocycles. The van der Waals surface area contributed by atoms with Crippen LogP contribution in [0.2, 0.25) is 0 Å². The van der Waals surface area contributed by atoms with Gasteiger partial charge in [0.15, 0.2) is 0 Å². The van der Waals surface area contributed by atoms with E-state index in [1.165, 1.54) is 11.0 Å². The van der Waals surface area contributed by atoms with Gasteiger partial charge in [-0.1, -0.05) is 61.7 Å². The third-order valence-corrected chi connectivity index (χ3v) is 4.42. The van der Waals surface area contributed by atoms with Crippen molar-refractivity contribution in [3.63, 3.8) is 0 Å². The predicted octanol–water partition coefficient (Wildman–Crippen LogP) is 3.04. The summed E-state index contributed by atoms with van der Waals surface area (Å²) in [5, 5.41) is 2.28. The van der Waals surface area contributed by atoms with Crippen molar-refractivity contribution in [2.45, 2.75) is 38.1 Å². The largest absolute Gasteiger partial charge is 0.331 e. The van der Waals surface area contributed by atoms with E-state index in [2.05, 4.69) is 5.32 Å². The number of hydrogen-bond donors (Lipinski definition) is 1. The Kier molecular flexibility index (Phi) is 4.89. The molecule has 1 N–H and O–H groups in total. The number of barbiturate groups is 1. The molecule has 2 fully saturated rings. The van der Waals surface area contributed by atoms with Gasteiger partial charge in [-0.3, -0.25) is 19.8 Å². The number of urea groups is 1. The smallest absolute Gasteiger partial charge is 0.273 e. The molecule has 1 aliphatic carbocycles. The first kappa shape index (κ1) is 16.2. The van der Waals surface area contributed by atoms with Crippen LogP contribution in [0.5, 0.6) is 0 Å². The lowest BCUT2D eigenvalue weighted by atomic mass is 9.93. The van der Waals surface area contributed by atoms with Gasteiger partial charge in [-0.2, -0.15) is 0 Å². The molecule has 0 unspecified atom stereocenters. The summed E-state index contributed by atoms with van der Waals surface area (Å²) in [6, 6.07) is 8.89. The van der Waals surface area contributed by atoms with E-state index in [4.69, 9.17) is 0 Å². The molecule has 1 heterocycles. The van der Waals surface area contributed by atoms with Crippen LogP contribution in [-0.4, -0.2) is 28.8 Å². The summed E-state index contributed by atoms with van der Waals surface area (Å²) in [5.74, 6) is -1.12. The first-order valence-corrected chi connectivity index (χ1v) is 8.29. The van der Waals surface area contributed by atoms with Crippen LogP contribution >= 0.6 is 0 Å². The van der Waals surface area contributed by atoms with Crippen LogP contribution in [0.4, 0.5) is 4.79 Å². The van der Waals surface area contributed by atoms with E-state index in [1.807, 2.05) is 36.4 Å². The molecule has 5 heteroatoms. The van der Waals surface area contributed by atoms with E-state index in [-0.39, 0.29) is 11.6 Å². The highest BCUT2D eigenvalue weighted by atomic mass is 16.2. The van der Waals surface area contributed by atoms with Crippen LogP contribution in [0, 0.1) is 0 Å². The van der Waals surface area contributed by atoms with Gasteiger partial charge in [0.2, 0.25) is 0 Å². The maximum absolute atomic E-state index is 12.6. The first-order valence-electron chi connectivity index (χ1n) is 8.29. The van der Waals surface area contributed by atoms with E-state index in [9.17, 15) is 14.4 Å². The van der Waals surface area contributed by atoms with Crippen LogP contribution < -0.4 is 5.32 Å². The Morgan fingerprint density at radius 1 is 1.00 bits per heavy atom. The maximum Gasteiger partial charge on any atom is 0.331 e. The zero-order valence-electron chi connectivity index (χ0n) is 13.4. The fourth-order valence-corrected chi connectivity index (χ4v) is 3.18. The molecule has 124 valence electrons. The van der Waals surface area contributed by atoms with Gasteiger partial charge in [0.1, 0.15) is 5.57 Å². The van der Waals surface area contributed by atoms with E-state index in [1.54, 1.807) is 6.08 Å². The number of nitrogens with zero attached hydrogens (tertiary/aromatic N) is 1. The van der Waals surface area contributed by atoms with Gasteiger partial charge in [0.25, 0.3) is 11.8 Å². The standard InChI is InChI=1S/C19H20N2O3/c22-17-16(13-7-10-14-8-3-1-4-9-14)18(23)21(19(24)20-17)15-11-5-2-6-12-15/h1,3-4,7-10,13,15H,2,5-6,11-12H2,(H,20,22,24). The molecule has 24 heavy (non-hydrogen) atoms. The molecule has 0 bridgehead atoms. The summed E-state index contributed by atoms with van der Waals surface area (Å²) in [6.45, 7) is 0. The van der Waals surface area contributed by atoms with Crippen molar-refractivity contribution < 1.29 is 14.4 Å². The molecule has 0 atom stereocenters. The van der Waals surface area contributed by atoms with Crippen molar-refractivity contribution in [2.75, 3.05) is 0 Å². The van der Waals surface area contributed by atoms with E-state index >= 15 is 0 Å². The summed E-state index contributed by atoms with van der Waals surface area (Å²) in [4.78, 5) is 37.9. The van der Waals surface area contributed by atoms with E-state index < -0.39 is 17.8 Å². The van der Waals surface area contributed by atoms with Crippen LogP contribution in [0.15, 0.2) is 48.1 Å². The second kappa shape index (κ2) is 7.25. The lowest BCUT2D eigenvalue weighted by Gasteiger charge is -2.35. The van der Waals surface area contributed by atoms with E-state index in [0.29, 0.717) is 0 Å². The zero-order chi connectivity index (χ0) is 16.9. The number of carbonyl (C=O) groups is 3. The number of nitrogens with one attached hydrogen (secondary N) is 1. The Morgan fingerprint density at radius 2 is 1.71 bits per heavy atom. The van der Waals surface area contributed by atoms with Crippen LogP contribution in [0.25, 0.3) is 6.08 Å². The Balaban J connectivity index is 1.80. The van der Waals surface area contributed by atoms with Crippen LogP contribution in [0.3, 0.4) is 0 Å². The van der Waals surface area contributed by atoms with Crippen molar-refractivity contribution in [1.82, 2.24) is 10.2 Å². The normalized spacial score (nSPS) is 21.6. The molecule has 1 aromatic rings. The molecule has 2 aliphatic rings. The van der Waals surface area contributed by atoms with Gasteiger partial charge >= 0.3 is 6.03 Å². The number of allylic oxidation sites excluding steroid dienone is 2. The number of amides is 4. The van der Waals surface area contributed by atoms with Crippen molar-refractivity contribution in [3.05, 3.63) is 53.6 Å². The lowest BCUT2D eigenvalue weighted by molar-refractivity contribution is -0.132. The molecule has 0 radical (unpaired) electrons. The Bertz CT molecular complexity index is 701. The molecule has 0 aromatic heterocycles. The Hall–Kier alpha value is -2.69. The van der Waals surface area contributed by atoms with Crippen molar-refractivity contribution in [3.8, 4) is 0 Å². The maximum atomic E-state index is 12.6. The van der Waals surface area contributed by atoms with Gasteiger partial charge in [-0.15, -0.1) is 0 Å². The van der Waals surface area contributed by atoms with Gasteiger partial charge < -0.3 is 0 Å². The molecule has 1 saturated carbocycles. The summed E-state index contributed by atoms with van der Waals surface area (Å²) in [7, 11) is 0. The lowest BCUT2D eigenvalue weighted by Crippen LogP contribution is -2.58. The minimum atomic E-state index is -0.630. The number of benzene rings is 1. The molecule has 5 nitrogen and oxygen atoms in total. The second-order valence-electron chi connectivity index (χ2n) is 6.08.